The first-order chi connectivity index (χ1) is 11.3. The minimum absolute atomic E-state index is 0.0593. The molecule has 2 rings (SSSR count). The second kappa shape index (κ2) is 7.58. The summed E-state index contributed by atoms with van der Waals surface area (Å²) in [5.74, 6) is -0.393. The second-order valence-electron chi connectivity index (χ2n) is 5.16. The summed E-state index contributed by atoms with van der Waals surface area (Å²) in [5.41, 5.74) is 0.348. The first-order valence-corrected chi connectivity index (χ1v) is 9.67. The van der Waals surface area contributed by atoms with Crippen molar-refractivity contribution < 1.29 is 12.8 Å². The van der Waals surface area contributed by atoms with Crippen LogP contribution in [0, 0.1) is 5.82 Å². The largest absolute Gasteiger partial charge is 0.310 e. The van der Waals surface area contributed by atoms with Gasteiger partial charge in [-0.3, -0.25) is 4.79 Å². The Balaban J connectivity index is 2.44. The molecule has 0 aliphatic rings. The quantitative estimate of drug-likeness (QED) is 0.727. The molecule has 0 fully saturated rings. The third-order valence-electron chi connectivity index (χ3n) is 3.66. The SMILES string of the molecule is CCN(CC)S(=O)(=O)c1ccc(=O)n(Cc2ccc(F)cc2Br)c1. The lowest BCUT2D eigenvalue weighted by molar-refractivity contribution is 0.444. The normalized spacial score (nSPS) is 11.9. The van der Waals surface area contributed by atoms with E-state index in [2.05, 4.69) is 15.9 Å². The number of aromatic nitrogens is 1. The van der Waals surface area contributed by atoms with Gasteiger partial charge < -0.3 is 4.57 Å². The molecule has 130 valence electrons. The van der Waals surface area contributed by atoms with E-state index in [9.17, 15) is 17.6 Å². The van der Waals surface area contributed by atoms with Crippen LogP contribution in [0.1, 0.15) is 19.4 Å². The topological polar surface area (TPSA) is 59.4 Å². The third kappa shape index (κ3) is 3.93. The predicted molar refractivity (Wildman–Crippen MR) is 94.0 cm³/mol. The zero-order valence-electron chi connectivity index (χ0n) is 13.4. The molecule has 0 aliphatic carbocycles. The minimum Gasteiger partial charge on any atom is -0.310 e. The Labute approximate surface area is 148 Å². The fourth-order valence-electron chi connectivity index (χ4n) is 2.33. The highest BCUT2D eigenvalue weighted by molar-refractivity contribution is 9.10. The third-order valence-corrected chi connectivity index (χ3v) is 6.43. The number of rotatable bonds is 6. The molecular formula is C16H18BrFN2O3S. The molecule has 8 heteroatoms. The van der Waals surface area contributed by atoms with E-state index in [4.69, 9.17) is 0 Å². The van der Waals surface area contributed by atoms with E-state index in [0.29, 0.717) is 23.1 Å². The smallest absolute Gasteiger partial charge is 0.250 e. The number of benzene rings is 1. The van der Waals surface area contributed by atoms with Gasteiger partial charge in [-0.25, -0.2) is 12.8 Å². The lowest BCUT2D eigenvalue weighted by atomic mass is 10.2. The van der Waals surface area contributed by atoms with Crippen LogP contribution in [0.4, 0.5) is 4.39 Å². The van der Waals surface area contributed by atoms with Crippen molar-refractivity contribution in [2.75, 3.05) is 13.1 Å². The summed E-state index contributed by atoms with van der Waals surface area (Å²) in [4.78, 5) is 12.1. The van der Waals surface area contributed by atoms with Gasteiger partial charge in [0.15, 0.2) is 0 Å². The van der Waals surface area contributed by atoms with Crippen LogP contribution in [0.2, 0.25) is 0 Å². The standard InChI is InChI=1S/C16H18BrFN2O3S/c1-3-20(4-2)24(22,23)14-7-8-16(21)19(11-14)10-12-5-6-13(18)9-15(12)17/h5-9,11H,3-4,10H2,1-2H3. The summed E-state index contributed by atoms with van der Waals surface area (Å²) in [6, 6.07) is 6.69. The molecule has 0 unspecified atom stereocenters. The van der Waals surface area contributed by atoms with Crippen LogP contribution < -0.4 is 5.56 Å². The summed E-state index contributed by atoms with van der Waals surface area (Å²) in [6.45, 7) is 4.35. The van der Waals surface area contributed by atoms with Crippen molar-refractivity contribution in [1.29, 1.82) is 0 Å². The lowest BCUT2D eigenvalue weighted by Crippen LogP contribution is -2.32. The van der Waals surface area contributed by atoms with Gasteiger partial charge in [0.1, 0.15) is 5.82 Å². The first kappa shape index (κ1) is 18.8. The van der Waals surface area contributed by atoms with Crippen molar-refractivity contribution >= 4 is 26.0 Å². The van der Waals surface area contributed by atoms with E-state index < -0.39 is 15.8 Å². The molecule has 0 bridgehead atoms. The van der Waals surface area contributed by atoms with E-state index in [1.54, 1.807) is 19.9 Å². The number of hydrogen-bond acceptors (Lipinski definition) is 3. The molecule has 1 heterocycles. The summed E-state index contributed by atoms with van der Waals surface area (Å²) in [7, 11) is -3.65. The Kier molecular flexibility index (Phi) is 5.95. The van der Waals surface area contributed by atoms with Crippen LogP contribution in [0.3, 0.4) is 0 Å². The first-order valence-electron chi connectivity index (χ1n) is 7.44. The van der Waals surface area contributed by atoms with Crippen molar-refractivity contribution in [3.63, 3.8) is 0 Å². The molecule has 1 aromatic heterocycles. The average Bonchev–Trinajstić information content (AvgIpc) is 2.52. The van der Waals surface area contributed by atoms with Crippen LogP contribution in [0.25, 0.3) is 0 Å². The Bertz CT molecular complexity index is 892. The molecule has 2 aromatic rings. The highest BCUT2D eigenvalue weighted by atomic mass is 79.9. The van der Waals surface area contributed by atoms with Gasteiger partial charge >= 0.3 is 0 Å². The van der Waals surface area contributed by atoms with E-state index in [-0.39, 0.29) is 17.0 Å². The predicted octanol–water partition coefficient (Wildman–Crippen LogP) is 2.83. The van der Waals surface area contributed by atoms with Gasteiger partial charge in [0.25, 0.3) is 5.56 Å². The molecule has 0 atom stereocenters. The fourth-order valence-corrected chi connectivity index (χ4v) is 4.29. The van der Waals surface area contributed by atoms with Crippen LogP contribution in [-0.4, -0.2) is 30.4 Å². The Morgan fingerprint density at radius 1 is 1.17 bits per heavy atom. The van der Waals surface area contributed by atoms with Crippen LogP contribution >= 0.6 is 15.9 Å². The maximum absolute atomic E-state index is 13.2. The maximum atomic E-state index is 13.2. The van der Waals surface area contributed by atoms with E-state index in [1.807, 2.05) is 0 Å². The molecule has 24 heavy (non-hydrogen) atoms. The monoisotopic (exact) mass is 416 g/mol. The molecular weight excluding hydrogens is 399 g/mol. The number of pyridine rings is 1. The van der Waals surface area contributed by atoms with Gasteiger partial charge in [-0.15, -0.1) is 0 Å². The zero-order valence-corrected chi connectivity index (χ0v) is 15.8. The Morgan fingerprint density at radius 3 is 2.42 bits per heavy atom. The van der Waals surface area contributed by atoms with Gasteiger partial charge in [-0.2, -0.15) is 4.31 Å². The van der Waals surface area contributed by atoms with Gasteiger partial charge in [0, 0.05) is 29.8 Å². The van der Waals surface area contributed by atoms with Crippen molar-refractivity contribution in [3.05, 3.63) is 62.7 Å². The van der Waals surface area contributed by atoms with Crippen molar-refractivity contribution in [2.45, 2.75) is 25.3 Å². The lowest BCUT2D eigenvalue weighted by Gasteiger charge is -2.19. The van der Waals surface area contributed by atoms with Crippen LogP contribution in [0.5, 0.6) is 0 Å². The summed E-state index contributed by atoms with van der Waals surface area (Å²) in [5, 5.41) is 0. The van der Waals surface area contributed by atoms with Gasteiger partial charge in [-0.1, -0.05) is 35.8 Å². The molecule has 0 spiro atoms. The summed E-state index contributed by atoms with van der Waals surface area (Å²) >= 11 is 3.25. The minimum atomic E-state index is -3.65. The van der Waals surface area contributed by atoms with E-state index in [1.165, 1.54) is 39.3 Å². The number of nitrogens with zero attached hydrogens (tertiary/aromatic N) is 2. The second-order valence-corrected chi connectivity index (χ2v) is 7.95. The summed E-state index contributed by atoms with van der Waals surface area (Å²) in [6.07, 6.45) is 1.33. The molecule has 0 saturated carbocycles. The Hall–Kier alpha value is -1.51. The number of hydrogen-bond donors (Lipinski definition) is 0. The Morgan fingerprint density at radius 2 is 1.83 bits per heavy atom. The molecule has 0 saturated heterocycles. The van der Waals surface area contributed by atoms with Crippen LogP contribution in [0.15, 0.2) is 50.7 Å². The van der Waals surface area contributed by atoms with Gasteiger partial charge in [0.05, 0.1) is 11.4 Å². The van der Waals surface area contributed by atoms with Gasteiger partial charge in [0.2, 0.25) is 10.0 Å². The molecule has 0 amide bonds. The number of halogens is 2. The fraction of sp³-hybridized carbons (Fsp3) is 0.312. The van der Waals surface area contributed by atoms with E-state index >= 15 is 0 Å². The van der Waals surface area contributed by atoms with Crippen LogP contribution in [-0.2, 0) is 16.6 Å². The van der Waals surface area contributed by atoms with Crippen molar-refractivity contribution in [3.8, 4) is 0 Å². The highest BCUT2D eigenvalue weighted by Crippen LogP contribution is 2.19. The molecule has 0 N–H and O–H groups in total. The molecule has 1 aromatic carbocycles. The zero-order chi connectivity index (χ0) is 17.9. The molecule has 0 radical (unpaired) electrons. The highest BCUT2D eigenvalue weighted by Gasteiger charge is 2.22. The number of sulfonamides is 1. The average molecular weight is 417 g/mol. The van der Waals surface area contributed by atoms with Crippen molar-refractivity contribution in [1.82, 2.24) is 8.87 Å². The maximum Gasteiger partial charge on any atom is 0.250 e. The summed E-state index contributed by atoms with van der Waals surface area (Å²) < 4.78 is 41.5. The van der Waals surface area contributed by atoms with Gasteiger partial charge in [-0.05, 0) is 23.8 Å². The van der Waals surface area contributed by atoms with Crippen molar-refractivity contribution in [2.24, 2.45) is 0 Å². The van der Waals surface area contributed by atoms with E-state index in [0.717, 1.165) is 0 Å². The molecule has 0 aliphatic heterocycles. The molecule has 5 nitrogen and oxygen atoms in total.